The summed E-state index contributed by atoms with van der Waals surface area (Å²) < 4.78 is 11.1. The van der Waals surface area contributed by atoms with Crippen LogP contribution in [0.25, 0.3) is 0 Å². The Bertz CT molecular complexity index is 1310. The third-order valence-corrected chi connectivity index (χ3v) is 5.35. The minimum Gasteiger partial charge on any atom is -0.466 e. The standard InChI is InChI=1S/C25H26N4O9/c1-36-22(33)11-10-20(32)29(38-24(34)16-7-3-2-4-8-16)12-6-5-9-17-14-28(25(35)27-23(17)26)21-13-18(31)19(15-30)37-21/h2-4,7-8,10-11,14,18-19,21,30-31H,6,12-13,15H2,1H3,(H2,26,27,35)/b11-10+/t18?,19-,21-/m1/s1. The van der Waals surface area contributed by atoms with E-state index in [-0.39, 0.29) is 36.3 Å². The number of anilines is 1. The Hall–Kier alpha value is -4.51. The van der Waals surface area contributed by atoms with Gasteiger partial charge in [0.15, 0.2) is 0 Å². The van der Waals surface area contributed by atoms with Gasteiger partial charge >= 0.3 is 17.6 Å². The monoisotopic (exact) mass is 526 g/mol. The van der Waals surface area contributed by atoms with E-state index >= 15 is 0 Å². The number of carbonyl (C=O) groups is 3. The second-order valence-electron chi connectivity index (χ2n) is 7.94. The van der Waals surface area contributed by atoms with Gasteiger partial charge in [0.05, 0.1) is 37.5 Å². The van der Waals surface area contributed by atoms with Gasteiger partial charge in [-0.25, -0.2) is 14.4 Å². The number of carbonyl (C=O) groups excluding carboxylic acids is 3. The van der Waals surface area contributed by atoms with E-state index in [4.69, 9.17) is 15.3 Å². The first kappa shape index (κ1) is 28.1. The number of rotatable bonds is 7. The number of nitrogen functional groups attached to an aromatic ring is 1. The number of hydrogen-bond donors (Lipinski definition) is 3. The number of methoxy groups -OCH3 is 1. The van der Waals surface area contributed by atoms with E-state index in [9.17, 15) is 29.4 Å². The Kier molecular flexibility index (Phi) is 9.72. The molecule has 38 heavy (non-hydrogen) atoms. The fraction of sp³-hybridized carbons (Fsp3) is 0.320. The van der Waals surface area contributed by atoms with Crippen molar-refractivity contribution < 1.29 is 38.9 Å². The van der Waals surface area contributed by atoms with E-state index in [2.05, 4.69) is 21.6 Å². The molecular formula is C25H26N4O9. The molecule has 0 spiro atoms. The van der Waals surface area contributed by atoms with Crippen LogP contribution in [0.1, 0.15) is 35.0 Å². The zero-order chi connectivity index (χ0) is 27.7. The summed E-state index contributed by atoms with van der Waals surface area (Å²) >= 11 is 0. The molecule has 1 unspecified atom stereocenters. The zero-order valence-electron chi connectivity index (χ0n) is 20.4. The summed E-state index contributed by atoms with van der Waals surface area (Å²) in [5, 5.41) is 20.0. The SMILES string of the molecule is COC(=O)/C=C/C(=O)N(CCC#Cc1cn([C@H]2CC(O)[C@@H](CO)O2)c(=O)nc1N)OC(=O)c1ccccc1. The van der Waals surface area contributed by atoms with Gasteiger partial charge in [-0.3, -0.25) is 9.36 Å². The number of nitrogens with two attached hydrogens (primary N) is 1. The molecule has 1 aliphatic rings. The van der Waals surface area contributed by atoms with Crippen LogP contribution in [0.2, 0.25) is 0 Å². The number of hydrogen-bond acceptors (Lipinski definition) is 11. The molecule has 0 bridgehead atoms. The highest BCUT2D eigenvalue weighted by molar-refractivity contribution is 5.95. The Labute approximate surface area is 217 Å². The second kappa shape index (κ2) is 13.2. The number of esters is 1. The van der Waals surface area contributed by atoms with Crippen molar-refractivity contribution in [1.82, 2.24) is 14.6 Å². The average molecular weight is 527 g/mol. The Morgan fingerprint density at radius 2 is 2.03 bits per heavy atom. The van der Waals surface area contributed by atoms with Crippen LogP contribution in [0.4, 0.5) is 5.82 Å². The van der Waals surface area contributed by atoms with Crippen LogP contribution >= 0.6 is 0 Å². The third kappa shape index (κ3) is 7.26. The maximum absolute atomic E-state index is 12.5. The van der Waals surface area contributed by atoms with Gasteiger partial charge in [0, 0.05) is 31.2 Å². The first-order valence-electron chi connectivity index (χ1n) is 11.4. The van der Waals surface area contributed by atoms with Crippen LogP contribution in [-0.4, -0.2) is 75.1 Å². The van der Waals surface area contributed by atoms with Crippen LogP contribution in [0.3, 0.4) is 0 Å². The van der Waals surface area contributed by atoms with Crippen molar-refractivity contribution in [3.05, 3.63) is 70.3 Å². The fourth-order valence-electron chi connectivity index (χ4n) is 3.37. The summed E-state index contributed by atoms with van der Waals surface area (Å²) in [6.45, 7) is -0.584. The van der Waals surface area contributed by atoms with Gasteiger partial charge in [-0.2, -0.15) is 10.0 Å². The molecule has 1 saturated heterocycles. The minimum absolute atomic E-state index is 0.00364. The van der Waals surface area contributed by atoms with Crippen molar-refractivity contribution in [2.24, 2.45) is 0 Å². The number of aliphatic hydroxyl groups excluding tert-OH is 2. The first-order valence-corrected chi connectivity index (χ1v) is 11.4. The topological polar surface area (TPSA) is 184 Å². The van der Waals surface area contributed by atoms with Gasteiger partial charge in [-0.05, 0) is 12.1 Å². The Balaban J connectivity index is 1.74. The summed E-state index contributed by atoms with van der Waals surface area (Å²) in [6, 6.07) is 7.99. The average Bonchev–Trinajstić information content (AvgIpc) is 3.30. The quantitative estimate of drug-likeness (QED) is 0.184. The van der Waals surface area contributed by atoms with E-state index in [0.717, 1.165) is 28.9 Å². The smallest absolute Gasteiger partial charge is 0.363 e. The van der Waals surface area contributed by atoms with Gasteiger partial charge in [0.1, 0.15) is 18.1 Å². The molecule has 1 aromatic heterocycles. The van der Waals surface area contributed by atoms with Crippen molar-refractivity contribution in [3.63, 3.8) is 0 Å². The number of aliphatic hydroxyl groups is 2. The number of ether oxygens (including phenoxy) is 2. The molecule has 0 aliphatic carbocycles. The second-order valence-corrected chi connectivity index (χ2v) is 7.94. The number of amides is 1. The molecule has 3 atom stereocenters. The molecule has 0 radical (unpaired) electrons. The van der Waals surface area contributed by atoms with E-state index in [1.54, 1.807) is 18.2 Å². The molecule has 1 aromatic carbocycles. The lowest BCUT2D eigenvalue weighted by Crippen LogP contribution is -2.33. The normalized spacial score (nSPS) is 18.4. The zero-order valence-corrected chi connectivity index (χ0v) is 20.4. The highest BCUT2D eigenvalue weighted by Gasteiger charge is 2.35. The first-order chi connectivity index (χ1) is 18.2. The number of nitrogens with zero attached hydrogens (tertiary/aromatic N) is 3. The summed E-state index contributed by atoms with van der Waals surface area (Å²) in [7, 11) is 1.15. The predicted molar refractivity (Wildman–Crippen MR) is 131 cm³/mol. The number of aromatic nitrogens is 2. The van der Waals surface area contributed by atoms with Gasteiger partial charge in [-0.15, -0.1) is 0 Å². The summed E-state index contributed by atoms with van der Waals surface area (Å²) in [6.07, 6.45) is 0.508. The highest BCUT2D eigenvalue weighted by Crippen LogP contribution is 2.27. The fourth-order valence-corrected chi connectivity index (χ4v) is 3.37. The minimum atomic E-state index is -0.959. The van der Waals surface area contributed by atoms with Crippen LogP contribution in [0, 0.1) is 11.8 Å². The summed E-state index contributed by atoms with van der Waals surface area (Å²) in [5.74, 6) is 3.01. The van der Waals surface area contributed by atoms with Gasteiger partial charge in [0.2, 0.25) is 0 Å². The number of hydroxylamine groups is 2. The number of benzene rings is 1. The van der Waals surface area contributed by atoms with Gasteiger partial charge < -0.3 is 30.3 Å². The molecule has 2 aromatic rings. The van der Waals surface area contributed by atoms with Crippen molar-refractivity contribution in [3.8, 4) is 11.8 Å². The maximum atomic E-state index is 12.5. The lowest BCUT2D eigenvalue weighted by Gasteiger charge is -2.18. The van der Waals surface area contributed by atoms with Crippen LogP contribution in [0.15, 0.2) is 53.5 Å². The molecule has 3 rings (SSSR count). The van der Waals surface area contributed by atoms with Crippen LogP contribution < -0.4 is 11.4 Å². The van der Waals surface area contributed by atoms with E-state index in [1.165, 1.54) is 18.3 Å². The van der Waals surface area contributed by atoms with Crippen molar-refractivity contribution in [2.75, 3.05) is 26.0 Å². The molecule has 1 amide bonds. The van der Waals surface area contributed by atoms with E-state index in [1.807, 2.05) is 0 Å². The molecule has 4 N–H and O–H groups in total. The van der Waals surface area contributed by atoms with Crippen molar-refractivity contribution in [2.45, 2.75) is 31.3 Å². The molecule has 1 aliphatic heterocycles. The summed E-state index contributed by atoms with van der Waals surface area (Å²) in [4.78, 5) is 57.6. The summed E-state index contributed by atoms with van der Waals surface area (Å²) in [5.41, 5.74) is 5.50. The largest absolute Gasteiger partial charge is 0.466 e. The van der Waals surface area contributed by atoms with Crippen LogP contribution in [0.5, 0.6) is 0 Å². The molecular weight excluding hydrogens is 500 g/mol. The predicted octanol–water partition coefficient (Wildman–Crippen LogP) is -0.462. The maximum Gasteiger partial charge on any atom is 0.363 e. The molecule has 2 heterocycles. The lowest BCUT2D eigenvalue weighted by molar-refractivity contribution is -0.161. The lowest BCUT2D eigenvalue weighted by atomic mass is 10.2. The molecule has 1 fully saturated rings. The Morgan fingerprint density at radius 1 is 1.29 bits per heavy atom. The molecule has 200 valence electrons. The highest BCUT2D eigenvalue weighted by atomic mass is 16.7. The Morgan fingerprint density at radius 3 is 2.68 bits per heavy atom. The van der Waals surface area contributed by atoms with Crippen LogP contribution in [-0.2, 0) is 23.9 Å². The van der Waals surface area contributed by atoms with E-state index < -0.39 is 48.6 Å². The van der Waals surface area contributed by atoms with E-state index in [0.29, 0.717) is 0 Å². The third-order valence-electron chi connectivity index (χ3n) is 5.35. The van der Waals surface area contributed by atoms with Crippen molar-refractivity contribution >= 4 is 23.7 Å². The van der Waals surface area contributed by atoms with Gasteiger partial charge in [-0.1, -0.05) is 30.0 Å². The van der Waals surface area contributed by atoms with Crippen molar-refractivity contribution in [1.29, 1.82) is 0 Å². The van der Waals surface area contributed by atoms with Gasteiger partial charge in [0.25, 0.3) is 5.91 Å². The molecule has 13 nitrogen and oxygen atoms in total. The molecule has 0 saturated carbocycles. The molecule has 13 heteroatoms.